The van der Waals surface area contributed by atoms with Crippen molar-refractivity contribution in [3.63, 3.8) is 0 Å². The monoisotopic (exact) mass is 651 g/mol. The molecule has 5 amide bonds. The minimum atomic E-state index is -1.32. The van der Waals surface area contributed by atoms with Gasteiger partial charge in [-0.3, -0.25) is 24.0 Å². The van der Waals surface area contributed by atoms with E-state index in [0.717, 1.165) is 10.4 Å². The van der Waals surface area contributed by atoms with Crippen molar-refractivity contribution in [2.45, 2.75) is 64.3 Å². The summed E-state index contributed by atoms with van der Waals surface area (Å²) in [4.78, 5) is 68.9. The molecule has 1 aliphatic rings. The van der Waals surface area contributed by atoms with Gasteiger partial charge in [0, 0.05) is 32.4 Å². The number of rotatable bonds is 8. The number of carbonyl (C=O) groups is 5. The molecule has 0 aliphatic carbocycles. The molecule has 3 aromatic rings. The highest BCUT2D eigenvalue weighted by Gasteiger charge is 2.33. The van der Waals surface area contributed by atoms with Crippen LogP contribution >= 0.6 is 11.3 Å². The zero-order chi connectivity index (χ0) is 33.2. The summed E-state index contributed by atoms with van der Waals surface area (Å²) >= 11 is 1.54. The first-order valence-electron chi connectivity index (χ1n) is 15.3. The molecule has 0 spiro atoms. The first-order chi connectivity index (χ1) is 22.0. The number of thiophene rings is 1. The number of nitrogens with zero attached hydrogens (tertiary/aromatic N) is 1. The summed E-state index contributed by atoms with van der Waals surface area (Å²) in [7, 11) is 0. The van der Waals surface area contributed by atoms with Gasteiger partial charge in [0.05, 0.1) is 17.5 Å². The molecule has 1 aliphatic heterocycles. The summed E-state index contributed by atoms with van der Waals surface area (Å²) in [6.45, 7) is 4.47. The Hall–Kier alpha value is -4.49. The summed E-state index contributed by atoms with van der Waals surface area (Å²) in [5, 5.41) is 23.0. The predicted octanol–water partition coefficient (Wildman–Crippen LogP) is 1.63. The highest BCUT2D eigenvalue weighted by Crippen LogP contribution is 2.27. The van der Waals surface area contributed by atoms with Gasteiger partial charge in [-0.1, -0.05) is 50.2 Å². The fourth-order valence-corrected chi connectivity index (χ4v) is 5.76. The predicted molar refractivity (Wildman–Crippen MR) is 172 cm³/mol. The highest BCUT2D eigenvalue weighted by molar-refractivity contribution is 7.13. The quantitative estimate of drug-likeness (QED) is 0.247. The lowest BCUT2D eigenvalue weighted by molar-refractivity contribution is -0.137. The van der Waals surface area contributed by atoms with Crippen LogP contribution in [0, 0.1) is 5.92 Å². The molecule has 4 rings (SSSR count). The van der Waals surface area contributed by atoms with E-state index in [9.17, 15) is 29.1 Å². The van der Waals surface area contributed by atoms with Crippen molar-refractivity contribution >= 4 is 40.9 Å². The minimum absolute atomic E-state index is 0.0216. The fraction of sp³-hybridized carbons (Fsp3) is 0.424. The van der Waals surface area contributed by atoms with E-state index < -0.39 is 47.9 Å². The maximum atomic E-state index is 13.5. The average molecular weight is 652 g/mol. The maximum absolute atomic E-state index is 13.5. The SMILES string of the molecule is CC(C)[C@H]1NC(=O)CN(C(=O)CCc2ccc(-c3cccs3)o2)CCNC(=O)[C@H]([C@@H](C)O)NC(=O)[C@H](Cc2ccccc2)NC1=O. The van der Waals surface area contributed by atoms with Crippen LogP contribution in [-0.4, -0.2) is 83.4 Å². The molecular formula is C33H41N5O7S. The number of aliphatic hydroxyl groups is 1. The van der Waals surface area contributed by atoms with E-state index in [1.165, 1.54) is 11.8 Å². The van der Waals surface area contributed by atoms with Crippen LogP contribution in [-0.2, 0) is 36.8 Å². The first kappa shape index (κ1) is 34.4. The molecule has 0 saturated carbocycles. The molecular weight excluding hydrogens is 610 g/mol. The fourth-order valence-electron chi connectivity index (χ4n) is 5.07. The molecule has 246 valence electrons. The molecule has 5 N–H and O–H groups in total. The van der Waals surface area contributed by atoms with Gasteiger partial charge in [-0.25, -0.2) is 0 Å². The van der Waals surface area contributed by atoms with Gasteiger partial charge in [0.2, 0.25) is 29.5 Å². The molecule has 0 radical (unpaired) electrons. The number of aliphatic hydroxyl groups excluding tert-OH is 1. The molecule has 12 nitrogen and oxygen atoms in total. The largest absolute Gasteiger partial charge is 0.460 e. The second-order valence-electron chi connectivity index (χ2n) is 11.6. The second-order valence-corrected chi connectivity index (χ2v) is 12.6. The number of nitrogens with one attached hydrogen (secondary N) is 4. The minimum Gasteiger partial charge on any atom is -0.460 e. The summed E-state index contributed by atoms with van der Waals surface area (Å²) < 4.78 is 5.89. The third kappa shape index (κ3) is 9.51. The van der Waals surface area contributed by atoms with Crippen LogP contribution in [0.5, 0.6) is 0 Å². The molecule has 1 aromatic carbocycles. The zero-order valence-electron chi connectivity index (χ0n) is 26.2. The van der Waals surface area contributed by atoms with Gasteiger partial charge in [-0.15, -0.1) is 11.3 Å². The van der Waals surface area contributed by atoms with Crippen LogP contribution in [0.3, 0.4) is 0 Å². The third-order valence-corrected chi connectivity index (χ3v) is 8.51. The van der Waals surface area contributed by atoms with Crippen molar-refractivity contribution in [3.05, 3.63) is 71.3 Å². The van der Waals surface area contributed by atoms with Crippen LogP contribution in [0.25, 0.3) is 10.6 Å². The topological polar surface area (TPSA) is 170 Å². The molecule has 0 bridgehead atoms. The molecule has 2 aromatic heterocycles. The Morgan fingerprint density at radius 2 is 1.70 bits per heavy atom. The van der Waals surface area contributed by atoms with Crippen LogP contribution in [0.1, 0.15) is 38.5 Å². The molecule has 46 heavy (non-hydrogen) atoms. The Morgan fingerprint density at radius 3 is 2.37 bits per heavy atom. The molecule has 1 saturated heterocycles. The van der Waals surface area contributed by atoms with Gasteiger partial charge >= 0.3 is 0 Å². The van der Waals surface area contributed by atoms with Gasteiger partial charge in [0.15, 0.2) is 0 Å². The second kappa shape index (κ2) is 16.2. The molecule has 3 heterocycles. The van der Waals surface area contributed by atoms with E-state index in [4.69, 9.17) is 4.42 Å². The van der Waals surface area contributed by atoms with E-state index >= 15 is 0 Å². The van der Waals surface area contributed by atoms with Crippen LogP contribution < -0.4 is 21.3 Å². The van der Waals surface area contributed by atoms with E-state index in [0.29, 0.717) is 17.9 Å². The van der Waals surface area contributed by atoms with Gasteiger partial charge in [0.1, 0.15) is 29.6 Å². The number of hydrogen-bond donors (Lipinski definition) is 5. The maximum Gasteiger partial charge on any atom is 0.245 e. The van der Waals surface area contributed by atoms with Crippen molar-refractivity contribution in [2.24, 2.45) is 5.92 Å². The summed E-state index contributed by atoms with van der Waals surface area (Å²) in [5.41, 5.74) is 0.760. The van der Waals surface area contributed by atoms with Crippen molar-refractivity contribution in [3.8, 4) is 10.6 Å². The van der Waals surface area contributed by atoms with Crippen LogP contribution in [0.2, 0.25) is 0 Å². The van der Waals surface area contributed by atoms with E-state index in [-0.39, 0.29) is 44.3 Å². The lowest BCUT2D eigenvalue weighted by atomic mass is 10.0. The van der Waals surface area contributed by atoms with Crippen molar-refractivity contribution in [1.29, 1.82) is 0 Å². The van der Waals surface area contributed by atoms with E-state index in [1.807, 2.05) is 35.7 Å². The number of aryl methyl sites for hydroxylation is 1. The Labute approximate surface area is 271 Å². The Balaban J connectivity index is 1.52. The number of benzene rings is 1. The molecule has 13 heteroatoms. The smallest absolute Gasteiger partial charge is 0.245 e. The van der Waals surface area contributed by atoms with E-state index in [1.54, 1.807) is 49.4 Å². The van der Waals surface area contributed by atoms with E-state index in [2.05, 4.69) is 21.3 Å². The molecule has 4 atom stereocenters. The summed E-state index contributed by atoms with van der Waals surface area (Å²) in [6.07, 6.45) is -0.812. The number of hydrogen-bond acceptors (Lipinski definition) is 8. The van der Waals surface area contributed by atoms with Crippen LogP contribution in [0.15, 0.2) is 64.4 Å². The number of furan rings is 1. The average Bonchev–Trinajstić information content (AvgIpc) is 3.73. The van der Waals surface area contributed by atoms with Gasteiger partial charge < -0.3 is 35.7 Å². The molecule has 0 unspecified atom stereocenters. The lowest BCUT2D eigenvalue weighted by Crippen LogP contribution is -2.60. The number of amides is 5. The van der Waals surface area contributed by atoms with Crippen LogP contribution in [0.4, 0.5) is 0 Å². The zero-order valence-corrected chi connectivity index (χ0v) is 27.0. The first-order valence-corrected chi connectivity index (χ1v) is 16.2. The standard InChI is InChI=1S/C33H41N5O7S/c1-20(2)29-33(44)35-24(18-22-8-5-4-6-9-22)31(42)37-30(21(3)39)32(43)34-15-16-38(19-27(40)36-29)28(41)14-12-23-11-13-25(45-23)26-10-7-17-46-26/h4-11,13,17,20-21,24,29-30,39H,12,14-16,18-19H2,1-3H3,(H,34,43)(H,35,44)(H,36,40)(H,37,42)/t21-,24+,29-,30+/m1/s1. The highest BCUT2D eigenvalue weighted by atomic mass is 32.1. The molecule has 1 fully saturated rings. The third-order valence-electron chi connectivity index (χ3n) is 7.62. The summed E-state index contributed by atoms with van der Waals surface area (Å²) in [6, 6.07) is 13.1. The van der Waals surface area contributed by atoms with Crippen molar-refractivity contribution in [1.82, 2.24) is 26.2 Å². The number of carbonyl (C=O) groups excluding carboxylic acids is 5. The van der Waals surface area contributed by atoms with Gasteiger partial charge in [-0.05, 0) is 42.0 Å². The van der Waals surface area contributed by atoms with Gasteiger partial charge in [-0.2, -0.15) is 0 Å². The Morgan fingerprint density at radius 1 is 0.935 bits per heavy atom. The van der Waals surface area contributed by atoms with Crippen molar-refractivity contribution in [2.75, 3.05) is 19.6 Å². The normalized spacial score (nSPS) is 21.0. The Kier molecular flexibility index (Phi) is 12.1. The lowest BCUT2D eigenvalue weighted by Gasteiger charge is -2.27. The Bertz CT molecular complexity index is 1490. The van der Waals surface area contributed by atoms with Gasteiger partial charge in [0.25, 0.3) is 0 Å². The summed E-state index contributed by atoms with van der Waals surface area (Å²) in [5.74, 6) is -1.87. The van der Waals surface area contributed by atoms with Crippen molar-refractivity contribution < 1.29 is 33.5 Å².